The Morgan fingerprint density at radius 1 is 1.50 bits per heavy atom. The van der Waals surface area contributed by atoms with Crippen LogP contribution in [0.4, 0.5) is 13.2 Å². The van der Waals surface area contributed by atoms with Gasteiger partial charge in [0.2, 0.25) is 0 Å². The second-order valence-corrected chi connectivity index (χ2v) is 1.91. The van der Waals surface area contributed by atoms with Gasteiger partial charge in [0.25, 0.3) is 0 Å². The van der Waals surface area contributed by atoms with Crippen molar-refractivity contribution in [3.05, 3.63) is 24.3 Å². The molecule has 58 valence electrons. The van der Waals surface area contributed by atoms with Crippen LogP contribution in [0.25, 0.3) is 0 Å². The lowest BCUT2D eigenvalue weighted by atomic mass is 10.2. The fourth-order valence-electron chi connectivity index (χ4n) is 0.413. The molecule has 0 aromatic heterocycles. The van der Waals surface area contributed by atoms with Gasteiger partial charge in [-0.25, -0.2) is 0 Å². The normalized spacial score (nSPS) is 13.4. The van der Waals surface area contributed by atoms with Crippen LogP contribution in [0.2, 0.25) is 0 Å². The molecule has 0 unspecified atom stereocenters. The summed E-state index contributed by atoms with van der Waals surface area (Å²) in [6, 6.07) is 0. The maximum absolute atomic E-state index is 11.7. The number of halogens is 3. The smallest absolute Gasteiger partial charge is 0.175 e. The van der Waals surface area contributed by atoms with E-state index in [4.69, 9.17) is 0 Å². The predicted octanol–water partition coefficient (Wildman–Crippen LogP) is 2.59. The zero-order valence-electron chi connectivity index (χ0n) is 5.15. The number of allylic oxidation sites excluding steroid dienone is 2. The van der Waals surface area contributed by atoms with Crippen LogP contribution in [0.15, 0.2) is 24.3 Å². The van der Waals surface area contributed by atoms with Crippen LogP contribution in [0.3, 0.4) is 0 Å². The molecule has 0 atom stereocenters. The van der Waals surface area contributed by atoms with E-state index in [1.807, 2.05) is 0 Å². The zero-order chi connectivity index (χ0) is 8.20. The quantitative estimate of drug-likeness (QED) is 0.475. The molecule has 0 N–H and O–H groups in total. The molecule has 4 heteroatoms. The molecule has 0 spiro atoms. The highest BCUT2D eigenvalue weighted by Gasteiger charge is 2.30. The van der Waals surface area contributed by atoms with Crippen molar-refractivity contribution in [3.8, 4) is 0 Å². The Labute approximate surface area is 62.8 Å². The van der Waals surface area contributed by atoms with Gasteiger partial charge in [0.15, 0.2) is 0 Å². The van der Waals surface area contributed by atoms with Crippen LogP contribution in [0.1, 0.15) is 0 Å². The second kappa shape index (κ2) is 3.71. The minimum atomic E-state index is -4.29. The number of thiol groups is 1. The third kappa shape index (κ3) is 2.96. The van der Waals surface area contributed by atoms with Crippen molar-refractivity contribution >= 4 is 12.6 Å². The van der Waals surface area contributed by atoms with E-state index >= 15 is 0 Å². The first-order valence-electron chi connectivity index (χ1n) is 2.53. The van der Waals surface area contributed by atoms with Gasteiger partial charge in [-0.2, -0.15) is 25.8 Å². The Kier molecular flexibility index (Phi) is 3.57. The first-order valence-corrected chi connectivity index (χ1v) is 3.16. The molecule has 0 aromatic rings. The van der Waals surface area contributed by atoms with E-state index in [1.165, 1.54) is 0 Å². The van der Waals surface area contributed by atoms with Crippen LogP contribution in [-0.2, 0) is 0 Å². The number of hydrogen-bond acceptors (Lipinski definition) is 1. The van der Waals surface area contributed by atoms with Crippen molar-refractivity contribution in [1.29, 1.82) is 0 Å². The molecule has 0 aliphatic carbocycles. The van der Waals surface area contributed by atoms with Gasteiger partial charge in [-0.1, -0.05) is 18.7 Å². The molecular weight excluding hydrogens is 161 g/mol. The zero-order valence-corrected chi connectivity index (χ0v) is 6.04. The first-order chi connectivity index (χ1) is 4.52. The van der Waals surface area contributed by atoms with E-state index in [-0.39, 0.29) is 5.75 Å². The third-order valence-corrected chi connectivity index (χ3v) is 1.04. The maximum Gasteiger partial charge on any atom is 0.416 e. The molecule has 0 heterocycles. The van der Waals surface area contributed by atoms with Gasteiger partial charge in [0.1, 0.15) is 0 Å². The number of hydrogen-bond donors (Lipinski definition) is 1. The van der Waals surface area contributed by atoms with Gasteiger partial charge >= 0.3 is 6.18 Å². The van der Waals surface area contributed by atoms with E-state index in [0.29, 0.717) is 0 Å². The lowest BCUT2D eigenvalue weighted by Crippen LogP contribution is -2.09. The van der Waals surface area contributed by atoms with Gasteiger partial charge in [-0.05, 0) is 0 Å². The van der Waals surface area contributed by atoms with Gasteiger partial charge in [0, 0.05) is 5.75 Å². The Morgan fingerprint density at radius 3 is 2.10 bits per heavy atom. The van der Waals surface area contributed by atoms with Gasteiger partial charge < -0.3 is 0 Å². The Hall–Kier alpha value is -0.380. The molecule has 0 aromatic carbocycles. The van der Waals surface area contributed by atoms with Crippen LogP contribution in [-0.4, -0.2) is 11.9 Å². The van der Waals surface area contributed by atoms with Gasteiger partial charge in [-0.15, -0.1) is 0 Å². The molecule has 0 fully saturated rings. The van der Waals surface area contributed by atoms with E-state index in [2.05, 4.69) is 19.2 Å². The minimum Gasteiger partial charge on any atom is -0.175 e. The Balaban J connectivity index is 4.36. The fourth-order valence-corrected chi connectivity index (χ4v) is 0.610. The van der Waals surface area contributed by atoms with Crippen molar-refractivity contribution in [2.45, 2.75) is 6.18 Å². The van der Waals surface area contributed by atoms with Crippen LogP contribution in [0.5, 0.6) is 0 Å². The number of rotatable bonds is 2. The molecule has 0 saturated heterocycles. The van der Waals surface area contributed by atoms with Crippen LogP contribution >= 0.6 is 12.6 Å². The molecule has 0 aliphatic heterocycles. The summed E-state index contributed by atoms with van der Waals surface area (Å²) in [4.78, 5) is 0. The van der Waals surface area contributed by atoms with Gasteiger partial charge in [0.05, 0.1) is 5.57 Å². The Bertz CT molecular complexity index is 146. The first kappa shape index (κ1) is 9.62. The highest BCUT2D eigenvalue weighted by atomic mass is 32.1. The highest BCUT2D eigenvalue weighted by Crippen LogP contribution is 2.25. The summed E-state index contributed by atoms with van der Waals surface area (Å²) in [5, 5.41) is 0. The standard InChI is InChI=1S/C6H7F3S/c1-2-5(3-4-10)6(7,8)9/h2-3,10H,1,4H2/b5-3+. The summed E-state index contributed by atoms with van der Waals surface area (Å²) in [5.41, 5.74) is -0.734. The van der Waals surface area contributed by atoms with Crippen LogP contribution in [0, 0.1) is 0 Å². The number of alkyl halides is 3. The van der Waals surface area contributed by atoms with Crippen molar-refractivity contribution in [2.24, 2.45) is 0 Å². The van der Waals surface area contributed by atoms with Gasteiger partial charge in [-0.3, -0.25) is 0 Å². The molecule has 0 amide bonds. The summed E-state index contributed by atoms with van der Waals surface area (Å²) < 4.78 is 35.2. The molecular formula is C6H7F3S. The lowest BCUT2D eigenvalue weighted by molar-refractivity contribution is -0.0882. The highest BCUT2D eigenvalue weighted by molar-refractivity contribution is 7.80. The largest absolute Gasteiger partial charge is 0.416 e. The summed E-state index contributed by atoms with van der Waals surface area (Å²) in [7, 11) is 0. The molecule has 0 radical (unpaired) electrons. The summed E-state index contributed by atoms with van der Waals surface area (Å²) in [6.45, 7) is 3.02. The van der Waals surface area contributed by atoms with E-state index in [0.717, 1.165) is 12.2 Å². The molecule has 0 nitrogen and oxygen atoms in total. The van der Waals surface area contributed by atoms with Crippen molar-refractivity contribution in [2.75, 3.05) is 5.75 Å². The molecule has 0 aliphatic rings. The van der Waals surface area contributed by atoms with E-state index in [9.17, 15) is 13.2 Å². The average Bonchev–Trinajstić information content (AvgIpc) is 1.80. The SMILES string of the molecule is C=C/C(=C\CS)C(F)(F)F. The summed E-state index contributed by atoms with van der Waals surface area (Å²) in [5.74, 6) is 0.0703. The molecule has 0 saturated carbocycles. The topological polar surface area (TPSA) is 0 Å². The van der Waals surface area contributed by atoms with E-state index < -0.39 is 11.7 Å². The Morgan fingerprint density at radius 2 is 2.00 bits per heavy atom. The monoisotopic (exact) mass is 168 g/mol. The lowest BCUT2D eigenvalue weighted by Gasteiger charge is -2.05. The van der Waals surface area contributed by atoms with Crippen molar-refractivity contribution in [1.82, 2.24) is 0 Å². The van der Waals surface area contributed by atoms with E-state index in [1.54, 1.807) is 0 Å². The molecule has 0 rings (SSSR count). The third-order valence-electron chi connectivity index (χ3n) is 0.858. The van der Waals surface area contributed by atoms with Crippen molar-refractivity contribution < 1.29 is 13.2 Å². The fraction of sp³-hybridized carbons (Fsp3) is 0.333. The summed E-state index contributed by atoms with van der Waals surface area (Å²) in [6.07, 6.45) is -2.54. The second-order valence-electron chi connectivity index (χ2n) is 1.54. The van der Waals surface area contributed by atoms with Crippen LogP contribution < -0.4 is 0 Å². The average molecular weight is 168 g/mol. The minimum absolute atomic E-state index is 0.0703. The predicted molar refractivity (Wildman–Crippen MR) is 38.2 cm³/mol. The summed E-state index contributed by atoms with van der Waals surface area (Å²) >= 11 is 3.62. The maximum atomic E-state index is 11.7. The molecule has 10 heavy (non-hydrogen) atoms. The van der Waals surface area contributed by atoms with Crippen molar-refractivity contribution in [3.63, 3.8) is 0 Å². The molecule has 0 bridgehead atoms.